The first-order chi connectivity index (χ1) is 6.24. The van der Waals surface area contributed by atoms with Crippen LogP contribution < -0.4 is 0 Å². The average molecular weight is 172 g/mol. The van der Waals surface area contributed by atoms with Crippen LogP contribution in [0, 0.1) is 6.92 Å². The van der Waals surface area contributed by atoms with E-state index in [-0.39, 0.29) is 0 Å². The first-order valence-electron chi connectivity index (χ1n) is 4.08. The van der Waals surface area contributed by atoms with Gasteiger partial charge in [0.15, 0.2) is 6.29 Å². The fourth-order valence-corrected chi connectivity index (χ4v) is 1.32. The summed E-state index contributed by atoms with van der Waals surface area (Å²) in [5.74, 6) is 0. The van der Waals surface area contributed by atoms with Crippen molar-refractivity contribution in [2.75, 3.05) is 0 Å². The predicted molar refractivity (Wildman–Crippen MR) is 56.7 cm³/mol. The summed E-state index contributed by atoms with van der Waals surface area (Å²) in [6.45, 7) is 9.27. The van der Waals surface area contributed by atoms with E-state index in [2.05, 4.69) is 13.2 Å². The van der Waals surface area contributed by atoms with Crippen molar-refractivity contribution >= 4 is 18.4 Å². The molecule has 1 heteroatoms. The first-order valence-corrected chi connectivity index (χ1v) is 4.08. The van der Waals surface area contributed by atoms with Crippen LogP contribution >= 0.6 is 0 Å². The lowest BCUT2D eigenvalue weighted by Crippen LogP contribution is -1.93. The zero-order valence-electron chi connectivity index (χ0n) is 7.71. The SMILES string of the molecule is C=Cc1ccc(C)c(C=O)c1C=C. The molecule has 0 aromatic heterocycles. The van der Waals surface area contributed by atoms with Gasteiger partial charge in [-0.25, -0.2) is 0 Å². The third kappa shape index (κ3) is 1.59. The molecule has 0 fully saturated rings. The van der Waals surface area contributed by atoms with E-state index in [4.69, 9.17) is 0 Å². The monoisotopic (exact) mass is 172 g/mol. The second-order valence-corrected chi connectivity index (χ2v) is 2.83. The molecule has 0 unspecified atom stereocenters. The van der Waals surface area contributed by atoms with Gasteiger partial charge in [-0.05, 0) is 23.6 Å². The van der Waals surface area contributed by atoms with E-state index in [1.807, 2.05) is 19.1 Å². The molecular weight excluding hydrogens is 160 g/mol. The van der Waals surface area contributed by atoms with Crippen LogP contribution in [-0.2, 0) is 0 Å². The third-order valence-electron chi connectivity index (χ3n) is 2.08. The molecule has 0 bridgehead atoms. The fraction of sp³-hybridized carbons (Fsp3) is 0.0833. The second kappa shape index (κ2) is 3.85. The lowest BCUT2D eigenvalue weighted by molar-refractivity contribution is 0.112. The van der Waals surface area contributed by atoms with Crippen molar-refractivity contribution in [3.63, 3.8) is 0 Å². The molecule has 13 heavy (non-hydrogen) atoms. The summed E-state index contributed by atoms with van der Waals surface area (Å²) in [4.78, 5) is 10.8. The summed E-state index contributed by atoms with van der Waals surface area (Å²) in [6.07, 6.45) is 4.27. The van der Waals surface area contributed by atoms with Crippen molar-refractivity contribution in [1.29, 1.82) is 0 Å². The standard InChI is InChI=1S/C12H12O/c1-4-10-7-6-9(3)12(8-13)11(10)5-2/h4-8H,1-2H2,3H3. The minimum Gasteiger partial charge on any atom is -0.298 e. The van der Waals surface area contributed by atoms with Gasteiger partial charge in [-0.1, -0.05) is 37.4 Å². The highest BCUT2D eigenvalue weighted by Crippen LogP contribution is 2.19. The van der Waals surface area contributed by atoms with E-state index in [1.54, 1.807) is 12.2 Å². The predicted octanol–water partition coefficient (Wildman–Crippen LogP) is 3.09. The van der Waals surface area contributed by atoms with Gasteiger partial charge in [0, 0.05) is 5.56 Å². The van der Waals surface area contributed by atoms with Gasteiger partial charge >= 0.3 is 0 Å². The molecule has 0 amide bonds. The minimum atomic E-state index is 0.701. The van der Waals surface area contributed by atoms with Crippen LogP contribution in [0.4, 0.5) is 0 Å². The third-order valence-corrected chi connectivity index (χ3v) is 2.08. The maximum atomic E-state index is 10.8. The van der Waals surface area contributed by atoms with Crippen LogP contribution in [0.25, 0.3) is 12.2 Å². The maximum absolute atomic E-state index is 10.8. The summed E-state index contributed by atoms with van der Waals surface area (Å²) < 4.78 is 0. The minimum absolute atomic E-state index is 0.701. The molecule has 1 aromatic rings. The van der Waals surface area contributed by atoms with Gasteiger partial charge in [-0.15, -0.1) is 0 Å². The number of hydrogen-bond acceptors (Lipinski definition) is 1. The molecule has 0 saturated carbocycles. The number of carbonyl (C=O) groups is 1. The van der Waals surface area contributed by atoms with Crippen LogP contribution in [0.15, 0.2) is 25.3 Å². The molecular formula is C12H12O. The number of hydrogen-bond donors (Lipinski definition) is 0. The summed E-state index contributed by atoms with van der Waals surface area (Å²) >= 11 is 0. The largest absolute Gasteiger partial charge is 0.298 e. The van der Waals surface area contributed by atoms with Gasteiger partial charge < -0.3 is 0 Å². The van der Waals surface area contributed by atoms with Crippen LogP contribution in [-0.4, -0.2) is 6.29 Å². The zero-order chi connectivity index (χ0) is 9.84. The zero-order valence-corrected chi connectivity index (χ0v) is 7.71. The number of aldehydes is 1. The Bertz CT molecular complexity index is 362. The summed E-state index contributed by atoms with van der Waals surface area (Å²) in [5, 5.41) is 0. The Labute approximate surface area is 78.4 Å². The van der Waals surface area contributed by atoms with Crippen molar-refractivity contribution in [2.45, 2.75) is 6.92 Å². The Morgan fingerprint density at radius 1 is 1.15 bits per heavy atom. The van der Waals surface area contributed by atoms with Crippen molar-refractivity contribution in [3.8, 4) is 0 Å². The van der Waals surface area contributed by atoms with Gasteiger partial charge in [-0.3, -0.25) is 4.79 Å². The van der Waals surface area contributed by atoms with E-state index >= 15 is 0 Å². The molecule has 0 N–H and O–H groups in total. The Kier molecular flexibility index (Phi) is 2.80. The smallest absolute Gasteiger partial charge is 0.150 e. The highest BCUT2D eigenvalue weighted by atomic mass is 16.1. The van der Waals surface area contributed by atoms with Gasteiger partial charge in [0.2, 0.25) is 0 Å². The molecule has 0 atom stereocenters. The number of benzene rings is 1. The maximum Gasteiger partial charge on any atom is 0.150 e. The fourth-order valence-electron chi connectivity index (χ4n) is 1.32. The number of aryl methyl sites for hydroxylation is 1. The van der Waals surface area contributed by atoms with Crippen molar-refractivity contribution in [2.24, 2.45) is 0 Å². The van der Waals surface area contributed by atoms with Crippen molar-refractivity contribution in [1.82, 2.24) is 0 Å². The van der Waals surface area contributed by atoms with Gasteiger partial charge in [0.05, 0.1) is 0 Å². The van der Waals surface area contributed by atoms with Gasteiger partial charge in [0.25, 0.3) is 0 Å². The van der Waals surface area contributed by atoms with E-state index in [1.165, 1.54) is 0 Å². The summed E-state index contributed by atoms with van der Waals surface area (Å²) in [5.41, 5.74) is 3.48. The quantitative estimate of drug-likeness (QED) is 0.640. The lowest BCUT2D eigenvalue weighted by atomic mass is 9.97. The van der Waals surface area contributed by atoms with Gasteiger partial charge in [0.1, 0.15) is 0 Å². The summed E-state index contributed by atoms with van der Waals surface area (Å²) in [7, 11) is 0. The molecule has 0 heterocycles. The molecule has 0 aliphatic rings. The Balaban J connectivity index is 3.53. The van der Waals surface area contributed by atoms with E-state index in [9.17, 15) is 4.79 Å². The molecule has 1 aromatic carbocycles. The van der Waals surface area contributed by atoms with E-state index in [0.717, 1.165) is 23.0 Å². The van der Waals surface area contributed by atoms with Crippen LogP contribution in [0.5, 0.6) is 0 Å². The number of carbonyl (C=O) groups excluding carboxylic acids is 1. The van der Waals surface area contributed by atoms with Crippen molar-refractivity contribution in [3.05, 3.63) is 47.5 Å². The Morgan fingerprint density at radius 3 is 2.31 bits per heavy atom. The van der Waals surface area contributed by atoms with Crippen molar-refractivity contribution < 1.29 is 4.79 Å². The molecule has 0 saturated heterocycles. The normalized spacial score (nSPS) is 9.31. The molecule has 0 aliphatic carbocycles. The van der Waals surface area contributed by atoms with Gasteiger partial charge in [-0.2, -0.15) is 0 Å². The first kappa shape index (κ1) is 9.46. The average Bonchev–Trinajstić information content (AvgIpc) is 2.17. The van der Waals surface area contributed by atoms with E-state index < -0.39 is 0 Å². The summed E-state index contributed by atoms with van der Waals surface area (Å²) in [6, 6.07) is 3.85. The molecule has 0 radical (unpaired) electrons. The number of rotatable bonds is 3. The van der Waals surface area contributed by atoms with Crippen LogP contribution in [0.1, 0.15) is 27.0 Å². The molecule has 0 spiro atoms. The van der Waals surface area contributed by atoms with E-state index in [0.29, 0.717) is 5.56 Å². The Morgan fingerprint density at radius 2 is 1.85 bits per heavy atom. The topological polar surface area (TPSA) is 17.1 Å². The lowest BCUT2D eigenvalue weighted by Gasteiger charge is -2.06. The molecule has 1 nitrogen and oxygen atoms in total. The Hall–Kier alpha value is -1.63. The highest BCUT2D eigenvalue weighted by molar-refractivity contribution is 5.86. The van der Waals surface area contributed by atoms with Crippen LogP contribution in [0.2, 0.25) is 0 Å². The molecule has 66 valence electrons. The molecule has 0 aliphatic heterocycles. The second-order valence-electron chi connectivity index (χ2n) is 2.83. The highest BCUT2D eigenvalue weighted by Gasteiger charge is 2.04. The molecule has 1 rings (SSSR count). The van der Waals surface area contributed by atoms with Crippen LogP contribution in [0.3, 0.4) is 0 Å².